The summed E-state index contributed by atoms with van der Waals surface area (Å²) in [6, 6.07) is 13.0. The normalized spacial score (nSPS) is 14.9. The topological polar surface area (TPSA) is 58.6 Å². The zero-order valence-electron chi connectivity index (χ0n) is 17.5. The van der Waals surface area contributed by atoms with Gasteiger partial charge in [0.1, 0.15) is 5.75 Å². The Balaban J connectivity index is 1.73. The first-order chi connectivity index (χ1) is 14.0. The molecule has 29 heavy (non-hydrogen) atoms. The van der Waals surface area contributed by atoms with Crippen LogP contribution in [0.4, 0.5) is 5.69 Å². The third-order valence-electron chi connectivity index (χ3n) is 5.48. The van der Waals surface area contributed by atoms with Gasteiger partial charge in [0.2, 0.25) is 0 Å². The molecule has 154 valence electrons. The first-order valence-corrected chi connectivity index (χ1v) is 10.4. The summed E-state index contributed by atoms with van der Waals surface area (Å²) >= 11 is 0. The highest BCUT2D eigenvalue weighted by Gasteiger charge is 2.24. The molecule has 1 aliphatic rings. The van der Waals surface area contributed by atoms with Gasteiger partial charge in [0, 0.05) is 13.1 Å². The van der Waals surface area contributed by atoms with E-state index in [2.05, 4.69) is 5.32 Å². The summed E-state index contributed by atoms with van der Waals surface area (Å²) in [6.07, 6.45) is 3.12. The number of ether oxygens (including phenoxy) is 1. The van der Waals surface area contributed by atoms with E-state index in [1.807, 2.05) is 56.0 Å². The Morgan fingerprint density at radius 1 is 1.03 bits per heavy atom. The van der Waals surface area contributed by atoms with Gasteiger partial charge >= 0.3 is 0 Å². The Morgan fingerprint density at radius 2 is 1.76 bits per heavy atom. The summed E-state index contributed by atoms with van der Waals surface area (Å²) in [5.41, 5.74) is 3.37. The van der Waals surface area contributed by atoms with E-state index in [4.69, 9.17) is 4.74 Å². The maximum Gasteiger partial charge on any atom is 0.265 e. The molecule has 1 aliphatic heterocycles. The molecule has 0 aliphatic carbocycles. The van der Waals surface area contributed by atoms with Gasteiger partial charge in [-0.3, -0.25) is 9.59 Å². The van der Waals surface area contributed by atoms with Gasteiger partial charge in [0.15, 0.2) is 6.10 Å². The summed E-state index contributed by atoms with van der Waals surface area (Å²) in [6.45, 7) is 7.52. The van der Waals surface area contributed by atoms with E-state index in [1.54, 1.807) is 12.1 Å². The molecule has 1 fully saturated rings. The average Bonchev–Trinajstić information content (AvgIpc) is 2.75. The number of rotatable bonds is 6. The zero-order chi connectivity index (χ0) is 20.8. The molecule has 1 saturated heterocycles. The van der Waals surface area contributed by atoms with Crippen molar-refractivity contribution in [1.29, 1.82) is 0 Å². The van der Waals surface area contributed by atoms with Crippen molar-refractivity contribution in [2.45, 2.75) is 52.6 Å². The predicted octanol–water partition coefficient (Wildman–Crippen LogP) is 4.73. The van der Waals surface area contributed by atoms with E-state index >= 15 is 0 Å². The second-order valence-corrected chi connectivity index (χ2v) is 7.65. The summed E-state index contributed by atoms with van der Waals surface area (Å²) < 4.78 is 5.94. The quantitative estimate of drug-likeness (QED) is 0.771. The highest BCUT2D eigenvalue weighted by Crippen LogP contribution is 2.22. The largest absolute Gasteiger partial charge is 0.481 e. The van der Waals surface area contributed by atoms with E-state index in [-0.39, 0.29) is 11.8 Å². The fourth-order valence-corrected chi connectivity index (χ4v) is 3.53. The molecule has 2 amide bonds. The Labute approximate surface area is 173 Å². The minimum absolute atomic E-state index is 0.0243. The second kappa shape index (κ2) is 9.59. The van der Waals surface area contributed by atoms with Gasteiger partial charge in [-0.2, -0.15) is 0 Å². The number of hydrogen-bond acceptors (Lipinski definition) is 3. The fraction of sp³-hybridized carbons (Fsp3) is 0.417. The molecule has 0 bridgehead atoms. The van der Waals surface area contributed by atoms with Crippen molar-refractivity contribution in [2.75, 3.05) is 18.4 Å². The minimum atomic E-state index is -0.629. The Morgan fingerprint density at radius 3 is 2.45 bits per heavy atom. The third-order valence-corrected chi connectivity index (χ3v) is 5.48. The number of nitrogens with one attached hydrogen (secondary N) is 1. The monoisotopic (exact) mass is 394 g/mol. The van der Waals surface area contributed by atoms with Crippen molar-refractivity contribution in [1.82, 2.24) is 4.90 Å². The van der Waals surface area contributed by atoms with Gasteiger partial charge < -0.3 is 15.0 Å². The average molecular weight is 395 g/mol. The third kappa shape index (κ3) is 5.17. The number of likely N-dealkylation sites (tertiary alicyclic amines) is 1. The molecule has 0 radical (unpaired) electrons. The minimum Gasteiger partial charge on any atom is -0.481 e. The molecule has 2 aromatic carbocycles. The number of amides is 2. The predicted molar refractivity (Wildman–Crippen MR) is 115 cm³/mol. The highest BCUT2D eigenvalue weighted by atomic mass is 16.5. The molecule has 5 nitrogen and oxygen atoms in total. The number of para-hydroxylation sites is 1. The summed E-state index contributed by atoms with van der Waals surface area (Å²) in [7, 11) is 0. The Bertz CT molecular complexity index is 872. The molecule has 1 N–H and O–H groups in total. The number of benzene rings is 2. The smallest absolute Gasteiger partial charge is 0.265 e. The van der Waals surface area contributed by atoms with Crippen LogP contribution in [0.5, 0.6) is 5.75 Å². The maximum atomic E-state index is 12.9. The van der Waals surface area contributed by atoms with Gasteiger partial charge in [0.25, 0.3) is 11.8 Å². The fourth-order valence-electron chi connectivity index (χ4n) is 3.53. The van der Waals surface area contributed by atoms with Crippen LogP contribution in [0, 0.1) is 13.8 Å². The van der Waals surface area contributed by atoms with E-state index in [1.165, 1.54) is 5.56 Å². The first-order valence-electron chi connectivity index (χ1n) is 10.4. The Kier molecular flexibility index (Phi) is 6.91. The number of hydrogen-bond donors (Lipinski definition) is 1. The van der Waals surface area contributed by atoms with E-state index in [0.29, 0.717) is 23.4 Å². The molecule has 0 unspecified atom stereocenters. The van der Waals surface area contributed by atoms with Crippen LogP contribution in [0.15, 0.2) is 42.5 Å². The van der Waals surface area contributed by atoms with E-state index < -0.39 is 6.10 Å². The van der Waals surface area contributed by atoms with E-state index in [0.717, 1.165) is 37.9 Å². The van der Waals surface area contributed by atoms with Crippen molar-refractivity contribution in [3.63, 3.8) is 0 Å². The van der Waals surface area contributed by atoms with Gasteiger partial charge in [-0.1, -0.05) is 25.1 Å². The van der Waals surface area contributed by atoms with Gasteiger partial charge in [0.05, 0.1) is 11.3 Å². The lowest BCUT2D eigenvalue weighted by Gasteiger charge is -2.27. The lowest BCUT2D eigenvalue weighted by Crippen LogP contribution is -2.37. The van der Waals surface area contributed by atoms with Crippen molar-refractivity contribution >= 4 is 17.5 Å². The molecule has 3 rings (SSSR count). The van der Waals surface area contributed by atoms with Crippen LogP contribution in [0.1, 0.15) is 54.1 Å². The molecule has 0 saturated carbocycles. The van der Waals surface area contributed by atoms with E-state index in [9.17, 15) is 9.59 Å². The standard InChI is InChI=1S/C24H30N2O3/c1-4-22(29-19-13-12-17(2)18(3)16-19)23(27)25-21-11-7-6-10-20(21)24(28)26-14-8-5-9-15-26/h6-7,10-13,16,22H,4-5,8-9,14-15H2,1-3H3,(H,25,27)/t22-/m0/s1. The number of anilines is 1. The lowest BCUT2D eigenvalue weighted by atomic mass is 10.1. The molecular weight excluding hydrogens is 364 g/mol. The summed E-state index contributed by atoms with van der Waals surface area (Å²) in [5.74, 6) is 0.404. The second-order valence-electron chi connectivity index (χ2n) is 7.65. The van der Waals surface area contributed by atoms with Gasteiger partial charge in [-0.15, -0.1) is 0 Å². The lowest BCUT2D eigenvalue weighted by molar-refractivity contribution is -0.122. The van der Waals surface area contributed by atoms with Crippen LogP contribution in [-0.4, -0.2) is 35.9 Å². The molecule has 0 aromatic heterocycles. The molecule has 5 heteroatoms. The number of carbonyl (C=O) groups excluding carboxylic acids is 2. The number of carbonyl (C=O) groups is 2. The van der Waals surface area contributed by atoms with Crippen molar-refractivity contribution in [2.24, 2.45) is 0 Å². The van der Waals surface area contributed by atoms with Gasteiger partial charge in [-0.25, -0.2) is 0 Å². The molecular formula is C24H30N2O3. The van der Waals surface area contributed by atoms with Crippen LogP contribution < -0.4 is 10.1 Å². The summed E-state index contributed by atoms with van der Waals surface area (Å²) in [4.78, 5) is 27.7. The van der Waals surface area contributed by atoms with Crippen molar-refractivity contribution in [3.05, 3.63) is 59.2 Å². The molecule has 1 heterocycles. The van der Waals surface area contributed by atoms with Gasteiger partial charge in [-0.05, 0) is 74.9 Å². The van der Waals surface area contributed by atoms with Crippen LogP contribution >= 0.6 is 0 Å². The zero-order valence-corrected chi connectivity index (χ0v) is 17.5. The SMILES string of the molecule is CC[C@H](Oc1ccc(C)c(C)c1)C(=O)Nc1ccccc1C(=O)N1CCCCC1. The van der Waals surface area contributed by atoms with Crippen LogP contribution in [0.3, 0.4) is 0 Å². The Hall–Kier alpha value is -2.82. The van der Waals surface area contributed by atoms with Crippen LogP contribution in [0.2, 0.25) is 0 Å². The first kappa shape index (κ1) is 20.9. The van der Waals surface area contributed by atoms with Crippen molar-refractivity contribution < 1.29 is 14.3 Å². The van der Waals surface area contributed by atoms with Crippen LogP contribution in [0.25, 0.3) is 0 Å². The molecule has 2 aromatic rings. The number of piperidine rings is 1. The number of nitrogens with zero attached hydrogens (tertiary/aromatic N) is 1. The van der Waals surface area contributed by atoms with Crippen LogP contribution in [-0.2, 0) is 4.79 Å². The summed E-state index contributed by atoms with van der Waals surface area (Å²) in [5, 5.41) is 2.92. The molecule has 1 atom stereocenters. The highest BCUT2D eigenvalue weighted by molar-refractivity contribution is 6.04. The van der Waals surface area contributed by atoms with Crippen molar-refractivity contribution in [3.8, 4) is 5.75 Å². The maximum absolute atomic E-state index is 12.9. The molecule has 0 spiro atoms. The number of aryl methyl sites for hydroxylation is 2.